The van der Waals surface area contributed by atoms with E-state index in [4.69, 9.17) is 5.73 Å². The van der Waals surface area contributed by atoms with Crippen LogP contribution in [0.15, 0.2) is 42.1 Å². The zero-order valence-corrected chi connectivity index (χ0v) is 11.7. The third-order valence-electron chi connectivity index (χ3n) is 3.69. The number of pyridine rings is 1. The van der Waals surface area contributed by atoms with E-state index >= 15 is 0 Å². The second-order valence-electron chi connectivity index (χ2n) is 5.10. The topological polar surface area (TPSA) is 80.0 Å². The fourth-order valence-electron chi connectivity index (χ4n) is 2.55. The maximum atomic E-state index is 11.6. The molecule has 2 heterocycles. The number of nitrogens with zero attached hydrogens (tertiary/aromatic N) is 1. The molecule has 1 amide bonds. The molecular formula is C16H18N4O. The smallest absolute Gasteiger partial charge is 0.252 e. The fourth-order valence-corrected chi connectivity index (χ4v) is 2.55. The van der Waals surface area contributed by atoms with Crippen LogP contribution in [-0.2, 0) is 0 Å². The minimum atomic E-state index is -0.463. The largest absolute Gasteiger partial charge is 0.380 e. The summed E-state index contributed by atoms with van der Waals surface area (Å²) in [6.45, 7) is 2.61. The lowest BCUT2D eigenvalue weighted by molar-refractivity contribution is 0.100. The van der Waals surface area contributed by atoms with Gasteiger partial charge in [0.25, 0.3) is 5.91 Å². The van der Waals surface area contributed by atoms with E-state index in [-0.39, 0.29) is 0 Å². The number of hydrogen-bond donors (Lipinski definition) is 3. The predicted molar refractivity (Wildman–Crippen MR) is 84.3 cm³/mol. The predicted octanol–water partition coefficient (Wildman–Crippen LogP) is 1.67. The number of hydrogen-bond acceptors (Lipinski definition) is 4. The van der Waals surface area contributed by atoms with E-state index in [1.54, 1.807) is 6.20 Å². The number of nitrogens with two attached hydrogens (primary N) is 1. The first-order valence-electron chi connectivity index (χ1n) is 7.06. The van der Waals surface area contributed by atoms with Crippen molar-refractivity contribution < 1.29 is 4.79 Å². The Labute approximate surface area is 123 Å². The van der Waals surface area contributed by atoms with Crippen molar-refractivity contribution in [1.29, 1.82) is 0 Å². The monoisotopic (exact) mass is 282 g/mol. The van der Waals surface area contributed by atoms with Crippen molar-refractivity contribution >= 4 is 22.5 Å². The molecule has 5 heteroatoms. The van der Waals surface area contributed by atoms with Gasteiger partial charge in [0.1, 0.15) is 0 Å². The average molecular weight is 282 g/mol. The third kappa shape index (κ3) is 2.87. The molecule has 1 aromatic heterocycles. The Bertz CT molecular complexity index is 708. The van der Waals surface area contributed by atoms with Gasteiger partial charge in [-0.25, -0.2) is 0 Å². The molecule has 0 spiro atoms. The summed E-state index contributed by atoms with van der Waals surface area (Å²) in [6.07, 6.45) is 4.75. The molecule has 0 bridgehead atoms. The summed E-state index contributed by atoms with van der Waals surface area (Å²) >= 11 is 0. The number of para-hydroxylation sites is 1. The molecule has 0 saturated carbocycles. The van der Waals surface area contributed by atoms with Crippen LogP contribution in [0.25, 0.3) is 10.9 Å². The number of benzene rings is 1. The van der Waals surface area contributed by atoms with Gasteiger partial charge >= 0.3 is 0 Å². The Kier molecular flexibility index (Phi) is 3.83. The molecule has 0 unspecified atom stereocenters. The summed E-state index contributed by atoms with van der Waals surface area (Å²) in [6, 6.07) is 7.74. The van der Waals surface area contributed by atoms with Crippen LogP contribution < -0.4 is 16.4 Å². The highest BCUT2D eigenvalue weighted by atomic mass is 16.1. The SMILES string of the molecule is NC(=O)c1cnc2ccccc2c1NCC1=CCNCC1. The normalized spacial score (nSPS) is 14.8. The lowest BCUT2D eigenvalue weighted by Gasteiger charge is -2.17. The van der Waals surface area contributed by atoms with Gasteiger partial charge in [-0.05, 0) is 19.0 Å². The highest BCUT2D eigenvalue weighted by Gasteiger charge is 2.13. The second-order valence-corrected chi connectivity index (χ2v) is 5.10. The highest BCUT2D eigenvalue weighted by Crippen LogP contribution is 2.26. The number of primary amides is 1. The summed E-state index contributed by atoms with van der Waals surface area (Å²) in [5.74, 6) is -0.463. The van der Waals surface area contributed by atoms with Crippen LogP contribution in [-0.4, -0.2) is 30.5 Å². The molecule has 1 aliphatic heterocycles. The van der Waals surface area contributed by atoms with Crippen LogP contribution in [0.2, 0.25) is 0 Å². The first-order chi connectivity index (χ1) is 10.3. The van der Waals surface area contributed by atoms with Crippen molar-refractivity contribution in [2.45, 2.75) is 6.42 Å². The molecule has 0 radical (unpaired) electrons. The minimum absolute atomic E-state index is 0.434. The van der Waals surface area contributed by atoms with Gasteiger partial charge < -0.3 is 16.4 Å². The van der Waals surface area contributed by atoms with Crippen LogP contribution in [0.5, 0.6) is 0 Å². The van der Waals surface area contributed by atoms with Gasteiger partial charge in [-0.2, -0.15) is 0 Å². The van der Waals surface area contributed by atoms with Crippen LogP contribution in [0.4, 0.5) is 5.69 Å². The lowest BCUT2D eigenvalue weighted by atomic mass is 10.1. The van der Waals surface area contributed by atoms with E-state index in [1.165, 1.54) is 5.57 Å². The van der Waals surface area contributed by atoms with Crippen molar-refractivity contribution in [1.82, 2.24) is 10.3 Å². The Balaban J connectivity index is 1.96. The molecule has 4 N–H and O–H groups in total. The molecule has 2 aromatic rings. The first-order valence-corrected chi connectivity index (χ1v) is 7.06. The average Bonchev–Trinajstić information content (AvgIpc) is 2.53. The van der Waals surface area contributed by atoms with Gasteiger partial charge in [0.05, 0.1) is 16.8 Å². The Hall–Kier alpha value is -2.40. The molecule has 0 aliphatic carbocycles. The number of nitrogens with one attached hydrogen (secondary N) is 2. The van der Waals surface area contributed by atoms with Crippen LogP contribution in [0, 0.1) is 0 Å². The number of aromatic nitrogens is 1. The van der Waals surface area contributed by atoms with Gasteiger partial charge in [-0.3, -0.25) is 9.78 Å². The van der Waals surface area contributed by atoms with Crippen molar-refractivity contribution in [2.75, 3.05) is 25.0 Å². The van der Waals surface area contributed by atoms with Crippen molar-refractivity contribution in [3.8, 4) is 0 Å². The summed E-state index contributed by atoms with van der Waals surface area (Å²) in [5.41, 5.74) is 8.86. The number of amides is 1. The first kappa shape index (κ1) is 13.6. The lowest BCUT2D eigenvalue weighted by Crippen LogP contribution is -2.23. The molecule has 108 valence electrons. The van der Waals surface area contributed by atoms with E-state index in [9.17, 15) is 4.79 Å². The molecule has 1 aromatic carbocycles. The number of carbonyl (C=O) groups is 1. The third-order valence-corrected chi connectivity index (χ3v) is 3.69. The molecule has 0 atom stereocenters. The summed E-state index contributed by atoms with van der Waals surface area (Å²) < 4.78 is 0. The molecule has 1 aliphatic rings. The zero-order valence-electron chi connectivity index (χ0n) is 11.7. The quantitative estimate of drug-likeness (QED) is 0.745. The molecule has 3 rings (SSSR count). The molecular weight excluding hydrogens is 264 g/mol. The minimum Gasteiger partial charge on any atom is -0.380 e. The maximum Gasteiger partial charge on any atom is 0.252 e. The molecule has 21 heavy (non-hydrogen) atoms. The number of carbonyl (C=O) groups excluding carboxylic acids is 1. The van der Waals surface area contributed by atoms with Crippen molar-refractivity contribution in [3.63, 3.8) is 0 Å². The molecule has 0 fully saturated rings. The zero-order chi connectivity index (χ0) is 14.7. The summed E-state index contributed by atoms with van der Waals surface area (Å²) in [4.78, 5) is 15.9. The van der Waals surface area contributed by atoms with Gasteiger partial charge in [0.15, 0.2) is 0 Å². The van der Waals surface area contributed by atoms with Gasteiger partial charge in [-0.1, -0.05) is 29.8 Å². The van der Waals surface area contributed by atoms with Gasteiger partial charge in [-0.15, -0.1) is 0 Å². The molecule has 0 saturated heterocycles. The number of rotatable bonds is 4. The second kappa shape index (κ2) is 5.93. The summed E-state index contributed by atoms with van der Waals surface area (Å²) in [5, 5.41) is 7.57. The Morgan fingerprint density at radius 3 is 3.00 bits per heavy atom. The highest BCUT2D eigenvalue weighted by molar-refractivity contribution is 6.06. The Morgan fingerprint density at radius 1 is 1.38 bits per heavy atom. The van der Waals surface area contributed by atoms with Crippen LogP contribution >= 0.6 is 0 Å². The Morgan fingerprint density at radius 2 is 2.24 bits per heavy atom. The number of anilines is 1. The van der Waals surface area contributed by atoms with E-state index in [0.29, 0.717) is 5.56 Å². The fraction of sp³-hybridized carbons (Fsp3) is 0.250. The van der Waals surface area contributed by atoms with Crippen LogP contribution in [0.3, 0.4) is 0 Å². The number of fused-ring (bicyclic) bond motifs is 1. The van der Waals surface area contributed by atoms with E-state index in [0.717, 1.165) is 42.6 Å². The molecule has 5 nitrogen and oxygen atoms in total. The van der Waals surface area contributed by atoms with Gasteiger partial charge in [0.2, 0.25) is 0 Å². The van der Waals surface area contributed by atoms with Gasteiger partial charge in [0, 0.05) is 24.7 Å². The van der Waals surface area contributed by atoms with E-state index in [1.807, 2.05) is 24.3 Å². The van der Waals surface area contributed by atoms with E-state index < -0.39 is 5.91 Å². The van der Waals surface area contributed by atoms with Crippen LogP contribution in [0.1, 0.15) is 16.8 Å². The maximum absolute atomic E-state index is 11.6. The van der Waals surface area contributed by atoms with Crippen molar-refractivity contribution in [2.24, 2.45) is 5.73 Å². The standard InChI is InChI=1S/C16H18N4O/c17-16(21)13-10-19-14-4-2-1-3-12(14)15(13)20-9-11-5-7-18-8-6-11/h1-5,10,18H,6-9H2,(H2,17,21)(H,19,20). The van der Waals surface area contributed by atoms with E-state index in [2.05, 4.69) is 21.7 Å². The summed E-state index contributed by atoms with van der Waals surface area (Å²) in [7, 11) is 0. The van der Waals surface area contributed by atoms with Crippen molar-refractivity contribution in [3.05, 3.63) is 47.7 Å².